The summed E-state index contributed by atoms with van der Waals surface area (Å²) in [5.41, 5.74) is 10.5. The molecule has 26 heavy (non-hydrogen) atoms. The number of hydrogen-bond acceptors (Lipinski definition) is 4. The van der Waals surface area contributed by atoms with E-state index in [0.29, 0.717) is 0 Å². The van der Waals surface area contributed by atoms with Crippen molar-refractivity contribution in [2.45, 2.75) is 33.5 Å². The van der Waals surface area contributed by atoms with Crippen molar-refractivity contribution in [3.8, 4) is 0 Å². The van der Waals surface area contributed by atoms with E-state index in [1.807, 2.05) is 13.8 Å². The zero-order valence-corrected chi connectivity index (χ0v) is 14.5. The van der Waals surface area contributed by atoms with Crippen molar-refractivity contribution >= 4 is 23.3 Å². The third-order valence-electron chi connectivity index (χ3n) is 3.20. The maximum absolute atomic E-state index is 12.5. The van der Waals surface area contributed by atoms with Crippen molar-refractivity contribution in [3.63, 3.8) is 0 Å². The molecule has 0 bridgehead atoms. The fraction of sp³-hybridized carbons (Fsp3) is 0.312. The van der Waals surface area contributed by atoms with Crippen LogP contribution in [0.2, 0.25) is 0 Å². The Labute approximate surface area is 148 Å². The summed E-state index contributed by atoms with van der Waals surface area (Å²) < 4.78 is 38.5. The van der Waals surface area contributed by atoms with Gasteiger partial charge in [0.05, 0.1) is 11.3 Å². The first-order chi connectivity index (χ1) is 12.1. The minimum atomic E-state index is -4.45. The molecule has 10 heteroatoms. The fourth-order valence-corrected chi connectivity index (χ4v) is 2.10. The molecular weight excluding hydrogens is 351 g/mol. The van der Waals surface area contributed by atoms with E-state index in [1.54, 1.807) is 0 Å². The van der Waals surface area contributed by atoms with E-state index in [9.17, 15) is 22.8 Å². The van der Waals surface area contributed by atoms with Crippen molar-refractivity contribution in [2.75, 3.05) is 11.1 Å². The summed E-state index contributed by atoms with van der Waals surface area (Å²) in [7, 11) is 0. The predicted octanol–water partition coefficient (Wildman–Crippen LogP) is 2.56. The first kappa shape index (κ1) is 21.0. The van der Waals surface area contributed by atoms with Gasteiger partial charge in [-0.15, -0.1) is 0 Å². The maximum atomic E-state index is 12.5. The molecule has 1 heterocycles. The topological polar surface area (TPSA) is 116 Å². The van der Waals surface area contributed by atoms with Crippen LogP contribution in [0, 0.1) is 6.92 Å². The fourth-order valence-electron chi connectivity index (χ4n) is 2.10. The van der Waals surface area contributed by atoms with E-state index in [2.05, 4.69) is 10.4 Å². The minimum Gasteiger partial charge on any atom is -0.383 e. The zero-order chi connectivity index (χ0) is 20.1. The van der Waals surface area contributed by atoms with Crippen LogP contribution in [-0.2, 0) is 17.5 Å². The number of hydrogen-bond donors (Lipinski definition) is 3. The Morgan fingerprint density at radius 2 is 1.73 bits per heavy atom. The number of carbonyl (C=O) groups excluding carboxylic acids is 2. The highest BCUT2D eigenvalue weighted by molar-refractivity contribution is 5.99. The molecule has 0 unspecified atom stereocenters. The second kappa shape index (κ2) is 8.37. The third-order valence-corrected chi connectivity index (χ3v) is 3.20. The van der Waals surface area contributed by atoms with Crippen molar-refractivity contribution < 1.29 is 22.8 Å². The number of halogens is 3. The number of benzene rings is 1. The van der Waals surface area contributed by atoms with E-state index < -0.39 is 23.6 Å². The molecule has 142 valence electrons. The van der Waals surface area contributed by atoms with E-state index in [4.69, 9.17) is 11.5 Å². The molecular formula is C16H20F3N5O2. The van der Waals surface area contributed by atoms with Gasteiger partial charge < -0.3 is 16.8 Å². The Morgan fingerprint density at radius 3 is 2.15 bits per heavy atom. The van der Waals surface area contributed by atoms with Gasteiger partial charge in [-0.25, -0.2) is 4.68 Å². The average molecular weight is 371 g/mol. The quantitative estimate of drug-likeness (QED) is 0.766. The average Bonchev–Trinajstić information content (AvgIpc) is 2.82. The molecule has 0 saturated heterocycles. The second-order valence-electron chi connectivity index (χ2n) is 4.99. The number of aromatic nitrogens is 2. The molecule has 2 amide bonds. The van der Waals surface area contributed by atoms with Crippen LogP contribution in [0.15, 0.2) is 24.3 Å². The summed E-state index contributed by atoms with van der Waals surface area (Å²) in [6.45, 7) is 5.20. The lowest BCUT2D eigenvalue weighted by atomic mass is 10.2. The van der Waals surface area contributed by atoms with Crippen LogP contribution in [0.1, 0.15) is 35.5 Å². The molecule has 5 N–H and O–H groups in total. The standard InChI is InChI=1S/C14H14F3N5O2.C2H6/c1-7-11(13(19)24)12(18)22(21-7)6-10(23)20-9-4-2-8(3-5-9)14(15,16)17;1-2/h2-5H,6,18H2,1H3,(H2,19,24)(H,20,23);1-2H3. The Bertz CT molecular complexity index is 782. The largest absolute Gasteiger partial charge is 0.416 e. The molecule has 0 aliphatic rings. The highest BCUT2D eigenvalue weighted by Gasteiger charge is 2.30. The normalized spacial score (nSPS) is 10.7. The van der Waals surface area contributed by atoms with E-state index >= 15 is 0 Å². The van der Waals surface area contributed by atoms with E-state index in [0.717, 1.165) is 28.9 Å². The molecule has 0 spiro atoms. The Kier molecular flexibility index (Phi) is 6.76. The predicted molar refractivity (Wildman–Crippen MR) is 91.3 cm³/mol. The van der Waals surface area contributed by atoms with Crippen LogP contribution in [0.4, 0.5) is 24.7 Å². The Balaban J connectivity index is 0.00000163. The lowest BCUT2D eigenvalue weighted by Crippen LogP contribution is -2.21. The monoisotopic (exact) mass is 371 g/mol. The van der Waals surface area contributed by atoms with Crippen molar-refractivity contribution in [1.29, 1.82) is 0 Å². The van der Waals surface area contributed by atoms with Gasteiger partial charge in [-0.1, -0.05) is 13.8 Å². The number of rotatable bonds is 4. The highest BCUT2D eigenvalue weighted by atomic mass is 19.4. The molecule has 2 aromatic rings. The number of aryl methyl sites for hydroxylation is 1. The molecule has 7 nitrogen and oxygen atoms in total. The molecule has 1 aromatic carbocycles. The summed E-state index contributed by atoms with van der Waals surface area (Å²) in [5, 5.41) is 6.36. The summed E-state index contributed by atoms with van der Waals surface area (Å²) >= 11 is 0. The summed E-state index contributed by atoms with van der Waals surface area (Å²) in [6.07, 6.45) is -4.45. The number of amides is 2. The molecule has 0 aliphatic heterocycles. The Morgan fingerprint density at radius 1 is 1.19 bits per heavy atom. The SMILES string of the molecule is CC.Cc1nn(CC(=O)Nc2ccc(C(F)(F)F)cc2)c(N)c1C(N)=O. The number of alkyl halides is 3. The van der Waals surface area contributed by atoms with Crippen LogP contribution in [0.25, 0.3) is 0 Å². The summed E-state index contributed by atoms with van der Waals surface area (Å²) in [4.78, 5) is 23.2. The molecule has 0 radical (unpaired) electrons. The highest BCUT2D eigenvalue weighted by Crippen LogP contribution is 2.29. The molecule has 2 rings (SSSR count). The number of nitrogen functional groups attached to an aromatic ring is 1. The smallest absolute Gasteiger partial charge is 0.383 e. The molecule has 0 saturated carbocycles. The van der Waals surface area contributed by atoms with Crippen LogP contribution in [0.3, 0.4) is 0 Å². The van der Waals surface area contributed by atoms with Gasteiger partial charge in [0.15, 0.2) is 0 Å². The van der Waals surface area contributed by atoms with Gasteiger partial charge in [0.25, 0.3) is 5.91 Å². The van der Waals surface area contributed by atoms with Gasteiger partial charge in [-0.05, 0) is 31.2 Å². The number of nitrogens with two attached hydrogens (primary N) is 2. The molecule has 0 fully saturated rings. The van der Waals surface area contributed by atoms with Crippen molar-refractivity contribution in [2.24, 2.45) is 5.73 Å². The number of nitrogens with zero attached hydrogens (tertiary/aromatic N) is 2. The van der Waals surface area contributed by atoms with Crippen LogP contribution in [0.5, 0.6) is 0 Å². The maximum Gasteiger partial charge on any atom is 0.416 e. The van der Waals surface area contributed by atoms with Crippen LogP contribution >= 0.6 is 0 Å². The van der Waals surface area contributed by atoms with E-state index in [-0.39, 0.29) is 29.3 Å². The van der Waals surface area contributed by atoms with Gasteiger partial charge in [-0.2, -0.15) is 18.3 Å². The number of primary amides is 1. The van der Waals surface area contributed by atoms with Gasteiger partial charge in [-0.3, -0.25) is 9.59 Å². The first-order valence-corrected chi connectivity index (χ1v) is 7.69. The number of carbonyl (C=O) groups is 2. The molecule has 0 aliphatic carbocycles. The minimum absolute atomic E-state index is 0.0253. The lowest BCUT2D eigenvalue weighted by molar-refractivity contribution is -0.137. The van der Waals surface area contributed by atoms with Crippen molar-refractivity contribution in [3.05, 3.63) is 41.1 Å². The van der Waals surface area contributed by atoms with Gasteiger partial charge in [0.2, 0.25) is 5.91 Å². The van der Waals surface area contributed by atoms with Gasteiger partial charge >= 0.3 is 6.18 Å². The number of anilines is 2. The second-order valence-corrected chi connectivity index (χ2v) is 4.99. The molecule has 0 atom stereocenters. The van der Waals surface area contributed by atoms with Gasteiger partial charge in [0.1, 0.15) is 17.9 Å². The lowest BCUT2D eigenvalue weighted by Gasteiger charge is -2.09. The van der Waals surface area contributed by atoms with Crippen LogP contribution in [-0.4, -0.2) is 21.6 Å². The Hall–Kier alpha value is -3.04. The number of nitrogens with one attached hydrogen (secondary N) is 1. The van der Waals surface area contributed by atoms with E-state index in [1.165, 1.54) is 6.92 Å². The van der Waals surface area contributed by atoms with Gasteiger partial charge in [0, 0.05) is 5.69 Å². The third kappa shape index (κ3) is 4.98. The zero-order valence-electron chi connectivity index (χ0n) is 14.5. The van der Waals surface area contributed by atoms with Crippen molar-refractivity contribution in [1.82, 2.24) is 9.78 Å². The molecule has 1 aromatic heterocycles. The van der Waals surface area contributed by atoms with Crippen LogP contribution < -0.4 is 16.8 Å². The summed E-state index contributed by atoms with van der Waals surface area (Å²) in [5.74, 6) is -1.39. The summed E-state index contributed by atoms with van der Waals surface area (Å²) in [6, 6.07) is 3.97. The first-order valence-electron chi connectivity index (χ1n) is 7.69.